The normalized spacial score (nSPS) is 15.0. The van der Waals surface area contributed by atoms with E-state index in [2.05, 4.69) is 30.9 Å². The van der Waals surface area contributed by atoms with Gasteiger partial charge in [0.15, 0.2) is 11.6 Å². The lowest BCUT2D eigenvalue weighted by Crippen LogP contribution is -2.31. The van der Waals surface area contributed by atoms with Gasteiger partial charge in [0.05, 0.1) is 11.1 Å². The minimum absolute atomic E-state index is 0.0357. The molecule has 1 aliphatic heterocycles. The van der Waals surface area contributed by atoms with Gasteiger partial charge in [-0.25, -0.2) is 8.78 Å². The zero-order chi connectivity index (χ0) is 31.2. The van der Waals surface area contributed by atoms with Crippen LogP contribution in [0.15, 0.2) is 109 Å². The Labute approximate surface area is 259 Å². The summed E-state index contributed by atoms with van der Waals surface area (Å²) in [4.78, 5) is 28.9. The Kier molecular flexibility index (Phi) is 5.76. The number of halogens is 2. The molecule has 8 rings (SSSR count). The van der Waals surface area contributed by atoms with Gasteiger partial charge in [0.25, 0.3) is 0 Å². The van der Waals surface area contributed by atoms with E-state index in [4.69, 9.17) is 0 Å². The predicted molar refractivity (Wildman–Crippen MR) is 177 cm³/mol. The number of benzene rings is 6. The van der Waals surface area contributed by atoms with Crippen molar-refractivity contribution in [1.29, 1.82) is 0 Å². The van der Waals surface area contributed by atoms with Gasteiger partial charge in [0.2, 0.25) is 0 Å². The Morgan fingerprint density at radius 2 is 1.31 bits per heavy atom. The Bertz CT molecular complexity index is 2260. The Morgan fingerprint density at radius 1 is 0.667 bits per heavy atom. The summed E-state index contributed by atoms with van der Waals surface area (Å²) < 4.78 is 29.5. The number of anilines is 2. The number of carbonyl (C=O) groups excluding carboxylic acids is 2. The second kappa shape index (κ2) is 9.54. The molecular formula is C40H27F2NO2. The van der Waals surface area contributed by atoms with E-state index in [9.17, 15) is 18.4 Å². The largest absolute Gasteiger partial charge is 0.344 e. The third-order valence-electron chi connectivity index (χ3n) is 9.47. The fourth-order valence-corrected chi connectivity index (χ4v) is 7.19. The summed E-state index contributed by atoms with van der Waals surface area (Å²) in [5.74, 6) is -1.71. The van der Waals surface area contributed by atoms with Crippen LogP contribution in [0.25, 0.3) is 38.7 Å². The maximum absolute atomic E-state index is 14.8. The number of ketones is 2. The third-order valence-corrected chi connectivity index (χ3v) is 9.47. The number of hydrogen-bond acceptors (Lipinski definition) is 3. The highest BCUT2D eigenvalue weighted by Crippen LogP contribution is 2.52. The van der Waals surface area contributed by atoms with Gasteiger partial charge in [0.1, 0.15) is 11.6 Å². The molecule has 5 heteroatoms. The highest BCUT2D eigenvalue weighted by Gasteiger charge is 2.37. The van der Waals surface area contributed by atoms with Crippen molar-refractivity contribution < 1.29 is 18.4 Å². The standard InChI is InChI=1S/C40H27F2NO2/c1-40(2)31-21-26(36-32(41)9-6-10-33(36)42)13-15-34(31)43(3)35-16-12-25-17-22(11-14-27(25)37(35)40)18-30-38(44)28-19-23-7-4-5-8-24(23)20-29(28)39(30)45/h4-21H,1-3H3. The second-order valence-electron chi connectivity index (χ2n) is 12.4. The molecule has 218 valence electrons. The minimum atomic E-state index is -0.597. The van der Waals surface area contributed by atoms with Gasteiger partial charge in [-0.05, 0) is 98.4 Å². The number of fused-ring (bicyclic) bond motifs is 6. The SMILES string of the molecule is CN1c2ccc(-c3c(F)cccc3F)cc2C(C)(C)c2c1ccc1cc(C=C3C(=O)c4cc5ccccc5cc4C3=O)ccc21. The van der Waals surface area contributed by atoms with E-state index in [1.54, 1.807) is 24.3 Å². The first-order valence-corrected chi connectivity index (χ1v) is 14.9. The molecule has 2 aliphatic rings. The van der Waals surface area contributed by atoms with Crippen molar-refractivity contribution in [2.75, 3.05) is 11.9 Å². The smallest absolute Gasteiger partial charge is 0.197 e. The molecule has 0 saturated carbocycles. The highest BCUT2D eigenvalue weighted by atomic mass is 19.1. The number of carbonyl (C=O) groups is 2. The fourth-order valence-electron chi connectivity index (χ4n) is 7.19. The van der Waals surface area contributed by atoms with Crippen molar-refractivity contribution >= 4 is 50.6 Å². The lowest BCUT2D eigenvalue weighted by molar-refractivity contribution is 0.0990. The van der Waals surface area contributed by atoms with Crippen LogP contribution in [0.2, 0.25) is 0 Å². The summed E-state index contributed by atoms with van der Waals surface area (Å²) in [5.41, 5.74) is 5.83. The molecule has 0 N–H and O–H groups in total. The van der Waals surface area contributed by atoms with Crippen LogP contribution >= 0.6 is 0 Å². The van der Waals surface area contributed by atoms with Crippen molar-refractivity contribution in [3.05, 3.63) is 148 Å². The third kappa shape index (κ3) is 3.93. The summed E-state index contributed by atoms with van der Waals surface area (Å²) in [6.45, 7) is 4.26. The first kappa shape index (κ1) is 27.2. The number of hydrogen-bond donors (Lipinski definition) is 0. The highest BCUT2D eigenvalue weighted by molar-refractivity contribution is 6.42. The Hall–Kier alpha value is -5.42. The van der Waals surface area contributed by atoms with E-state index in [1.165, 1.54) is 18.2 Å². The van der Waals surface area contributed by atoms with Gasteiger partial charge in [-0.3, -0.25) is 9.59 Å². The van der Waals surface area contributed by atoms with Crippen LogP contribution in [0.1, 0.15) is 51.3 Å². The lowest BCUT2D eigenvalue weighted by atomic mass is 9.71. The number of Topliss-reactive ketones (excluding diaryl/α,β-unsaturated/α-hetero) is 2. The molecule has 0 aromatic heterocycles. The van der Waals surface area contributed by atoms with Gasteiger partial charge >= 0.3 is 0 Å². The monoisotopic (exact) mass is 591 g/mol. The summed E-state index contributed by atoms with van der Waals surface area (Å²) in [6, 6.07) is 30.9. The minimum Gasteiger partial charge on any atom is -0.344 e. The van der Waals surface area contributed by atoms with Crippen LogP contribution in [-0.2, 0) is 5.41 Å². The quantitative estimate of drug-likeness (QED) is 0.149. The van der Waals surface area contributed by atoms with Crippen molar-refractivity contribution in [3.63, 3.8) is 0 Å². The predicted octanol–water partition coefficient (Wildman–Crippen LogP) is 9.81. The first-order chi connectivity index (χ1) is 21.6. The average molecular weight is 592 g/mol. The molecule has 45 heavy (non-hydrogen) atoms. The summed E-state index contributed by atoms with van der Waals surface area (Å²) in [5, 5.41) is 3.84. The van der Waals surface area contributed by atoms with Gasteiger partial charge < -0.3 is 4.90 Å². The molecule has 0 radical (unpaired) electrons. The van der Waals surface area contributed by atoms with Gasteiger partial charge in [-0.2, -0.15) is 0 Å². The van der Waals surface area contributed by atoms with Gasteiger partial charge in [0, 0.05) is 35.0 Å². The second-order valence-corrected chi connectivity index (χ2v) is 12.4. The van der Waals surface area contributed by atoms with E-state index >= 15 is 0 Å². The molecule has 0 fully saturated rings. The topological polar surface area (TPSA) is 37.4 Å². The van der Waals surface area contributed by atoms with Crippen molar-refractivity contribution in [1.82, 2.24) is 0 Å². The zero-order valence-corrected chi connectivity index (χ0v) is 24.9. The van der Waals surface area contributed by atoms with Crippen LogP contribution < -0.4 is 4.90 Å². The number of rotatable bonds is 2. The molecule has 0 atom stereocenters. The zero-order valence-electron chi connectivity index (χ0n) is 24.9. The van der Waals surface area contributed by atoms with E-state index in [0.717, 1.165) is 49.6 Å². The molecule has 0 saturated heterocycles. The van der Waals surface area contributed by atoms with Crippen LogP contribution in [0.5, 0.6) is 0 Å². The molecule has 0 amide bonds. The van der Waals surface area contributed by atoms with Crippen LogP contribution in [-0.4, -0.2) is 18.6 Å². The van der Waals surface area contributed by atoms with Crippen LogP contribution in [0, 0.1) is 11.6 Å². The Morgan fingerprint density at radius 3 is 1.98 bits per heavy atom. The Balaban J connectivity index is 1.22. The lowest BCUT2D eigenvalue weighted by Gasteiger charge is -2.41. The van der Waals surface area contributed by atoms with E-state index < -0.39 is 17.0 Å². The maximum atomic E-state index is 14.8. The maximum Gasteiger partial charge on any atom is 0.197 e. The van der Waals surface area contributed by atoms with Crippen molar-refractivity contribution in [3.8, 4) is 11.1 Å². The molecule has 6 aromatic rings. The molecule has 3 nitrogen and oxygen atoms in total. The van der Waals surface area contributed by atoms with E-state index in [0.29, 0.717) is 16.7 Å². The summed E-state index contributed by atoms with van der Waals surface area (Å²) in [6.07, 6.45) is 1.69. The molecule has 0 unspecified atom stereocenters. The fraction of sp³-hybridized carbons (Fsp3) is 0.100. The molecule has 0 spiro atoms. The van der Waals surface area contributed by atoms with E-state index in [-0.39, 0.29) is 22.7 Å². The van der Waals surface area contributed by atoms with Gasteiger partial charge in [-0.1, -0.05) is 68.4 Å². The van der Waals surface area contributed by atoms with Gasteiger partial charge in [-0.15, -0.1) is 0 Å². The molecule has 1 aliphatic carbocycles. The summed E-state index contributed by atoms with van der Waals surface area (Å²) >= 11 is 0. The summed E-state index contributed by atoms with van der Waals surface area (Å²) in [7, 11) is 2.00. The van der Waals surface area contributed by atoms with Crippen LogP contribution in [0.4, 0.5) is 20.2 Å². The van der Waals surface area contributed by atoms with Crippen LogP contribution in [0.3, 0.4) is 0 Å². The molecule has 1 heterocycles. The number of allylic oxidation sites excluding steroid dienone is 1. The molecule has 6 aromatic carbocycles. The van der Waals surface area contributed by atoms with Crippen molar-refractivity contribution in [2.45, 2.75) is 19.3 Å². The molecular weight excluding hydrogens is 564 g/mol. The van der Waals surface area contributed by atoms with E-state index in [1.807, 2.05) is 61.6 Å². The molecule has 0 bridgehead atoms. The number of nitrogens with zero attached hydrogens (tertiary/aromatic N) is 1. The first-order valence-electron chi connectivity index (χ1n) is 14.9. The average Bonchev–Trinajstić information content (AvgIpc) is 3.26. The van der Waals surface area contributed by atoms with Crippen molar-refractivity contribution in [2.24, 2.45) is 0 Å².